The van der Waals surface area contributed by atoms with E-state index < -0.39 is 12.0 Å². The van der Waals surface area contributed by atoms with E-state index in [1.807, 2.05) is 4.90 Å². The van der Waals surface area contributed by atoms with Crippen molar-refractivity contribution in [2.75, 3.05) is 33.4 Å². The lowest BCUT2D eigenvalue weighted by atomic mass is 10.1. The average Bonchev–Trinajstić information content (AvgIpc) is 2.52. The van der Waals surface area contributed by atoms with E-state index in [9.17, 15) is 9.59 Å². The average molecular weight is 327 g/mol. The van der Waals surface area contributed by atoms with E-state index in [4.69, 9.17) is 16.3 Å². The number of hydrogen-bond acceptors (Lipinski definition) is 5. The first kappa shape index (κ1) is 16.6. The Hall–Kier alpha value is -1.79. The molecule has 0 bridgehead atoms. The Kier molecular flexibility index (Phi) is 6.03. The molecule has 1 fully saturated rings. The molecule has 0 spiro atoms. The van der Waals surface area contributed by atoms with Gasteiger partial charge in [-0.25, -0.2) is 0 Å². The Balaban J connectivity index is 1.87. The number of amides is 1. The van der Waals surface area contributed by atoms with E-state index in [0.717, 1.165) is 5.75 Å². The van der Waals surface area contributed by atoms with Gasteiger partial charge in [-0.05, 0) is 24.3 Å². The molecule has 1 amide bonds. The van der Waals surface area contributed by atoms with E-state index in [1.165, 1.54) is 7.11 Å². The maximum Gasteiger partial charge on any atom is 0.307 e. The molecular formula is C15H19ClN2O4. The van der Waals surface area contributed by atoms with Crippen LogP contribution in [0.2, 0.25) is 5.02 Å². The molecule has 120 valence electrons. The second kappa shape index (κ2) is 8.00. The molecule has 1 N–H and O–H groups in total. The number of esters is 1. The predicted molar refractivity (Wildman–Crippen MR) is 82.0 cm³/mol. The summed E-state index contributed by atoms with van der Waals surface area (Å²) in [5.74, 6) is 0.171. The van der Waals surface area contributed by atoms with Gasteiger partial charge in [0.15, 0.2) is 0 Å². The summed E-state index contributed by atoms with van der Waals surface area (Å²) >= 11 is 5.81. The molecule has 1 aliphatic heterocycles. The van der Waals surface area contributed by atoms with Crippen LogP contribution < -0.4 is 10.1 Å². The van der Waals surface area contributed by atoms with Crippen molar-refractivity contribution >= 4 is 23.5 Å². The molecule has 0 saturated carbocycles. The number of benzene rings is 1. The molecular weight excluding hydrogens is 308 g/mol. The highest BCUT2D eigenvalue weighted by Gasteiger charge is 2.31. The van der Waals surface area contributed by atoms with Crippen LogP contribution >= 0.6 is 11.6 Å². The maximum absolute atomic E-state index is 11.9. The van der Waals surface area contributed by atoms with Gasteiger partial charge in [0.1, 0.15) is 12.4 Å². The fourth-order valence-corrected chi connectivity index (χ4v) is 2.43. The van der Waals surface area contributed by atoms with Gasteiger partial charge in [0, 0.05) is 24.7 Å². The first-order chi connectivity index (χ1) is 10.6. The second-order valence-corrected chi connectivity index (χ2v) is 5.36. The van der Waals surface area contributed by atoms with Crippen LogP contribution in [0.25, 0.3) is 0 Å². The van der Waals surface area contributed by atoms with Gasteiger partial charge in [0.05, 0.1) is 19.6 Å². The molecule has 1 aliphatic rings. The van der Waals surface area contributed by atoms with Gasteiger partial charge in [-0.1, -0.05) is 11.6 Å². The van der Waals surface area contributed by atoms with Gasteiger partial charge in [-0.2, -0.15) is 0 Å². The number of hydrogen-bond donors (Lipinski definition) is 1. The van der Waals surface area contributed by atoms with Crippen molar-refractivity contribution in [3.8, 4) is 5.75 Å². The zero-order valence-corrected chi connectivity index (χ0v) is 13.1. The van der Waals surface area contributed by atoms with Crippen molar-refractivity contribution in [3.05, 3.63) is 29.3 Å². The van der Waals surface area contributed by atoms with Crippen LogP contribution in [0, 0.1) is 0 Å². The van der Waals surface area contributed by atoms with Gasteiger partial charge in [-0.15, -0.1) is 0 Å². The van der Waals surface area contributed by atoms with Crippen LogP contribution in [-0.2, 0) is 14.3 Å². The summed E-state index contributed by atoms with van der Waals surface area (Å²) in [7, 11) is 1.32. The summed E-state index contributed by atoms with van der Waals surface area (Å²) in [5, 5.41) is 3.41. The number of nitrogens with zero attached hydrogens (tertiary/aromatic N) is 1. The summed E-state index contributed by atoms with van der Waals surface area (Å²) in [4.78, 5) is 25.3. The van der Waals surface area contributed by atoms with Gasteiger partial charge in [0.25, 0.3) is 0 Å². The van der Waals surface area contributed by atoms with Crippen molar-refractivity contribution in [2.45, 2.75) is 12.5 Å². The normalized spacial score (nSPS) is 18.6. The molecule has 1 saturated heterocycles. The number of carbonyl (C=O) groups is 2. The van der Waals surface area contributed by atoms with Crippen LogP contribution in [0.5, 0.6) is 5.75 Å². The molecule has 7 heteroatoms. The molecule has 1 heterocycles. The highest BCUT2D eigenvalue weighted by molar-refractivity contribution is 6.30. The van der Waals surface area contributed by atoms with Crippen molar-refractivity contribution in [2.24, 2.45) is 0 Å². The third-order valence-corrected chi connectivity index (χ3v) is 3.74. The smallest absolute Gasteiger partial charge is 0.307 e. The molecule has 0 aliphatic carbocycles. The molecule has 1 atom stereocenters. The third kappa shape index (κ3) is 4.61. The van der Waals surface area contributed by atoms with Crippen LogP contribution in [0.3, 0.4) is 0 Å². The second-order valence-electron chi connectivity index (χ2n) is 4.93. The molecule has 1 aromatic carbocycles. The Labute approximate surface area is 134 Å². The highest BCUT2D eigenvalue weighted by Crippen LogP contribution is 2.16. The Bertz CT molecular complexity index is 521. The van der Waals surface area contributed by atoms with E-state index in [1.54, 1.807) is 24.3 Å². The number of methoxy groups -OCH3 is 1. The van der Waals surface area contributed by atoms with Gasteiger partial charge < -0.3 is 14.8 Å². The predicted octanol–water partition coefficient (Wildman–Crippen LogP) is 1.08. The molecule has 1 unspecified atom stereocenters. The minimum Gasteiger partial charge on any atom is -0.492 e. The largest absolute Gasteiger partial charge is 0.492 e. The number of halogens is 1. The van der Waals surface area contributed by atoms with Gasteiger partial charge >= 0.3 is 5.97 Å². The zero-order chi connectivity index (χ0) is 15.9. The van der Waals surface area contributed by atoms with Crippen LogP contribution in [-0.4, -0.2) is 56.2 Å². The van der Waals surface area contributed by atoms with Crippen molar-refractivity contribution in [3.63, 3.8) is 0 Å². The highest BCUT2D eigenvalue weighted by atomic mass is 35.5. The standard InChI is InChI=1S/C15H19ClN2O4/c1-21-14(19)10-13-15(20)17-6-7-18(13)8-9-22-12-4-2-11(16)3-5-12/h2-5,13H,6-10H2,1H3,(H,17,20). The Morgan fingerprint density at radius 2 is 2.14 bits per heavy atom. The van der Waals surface area contributed by atoms with Crippen LogP contribution in [0.4, 0.5) is 0 Å². The summed E-state index contributed by atoms with van der Waals surface area (Å²) in [6, 6.07) is 6.58. The van der Waals surface area contributed by atoms with Crippen molar-refractivity contribution < 1.29 is 19.1 Å². The number of rotatable bonds is 6. The Morgan fingerprint density at radius 1 is 1.41 bits per heavy atom. The van der Waals surface area contributed by atoms with Crippen molar-refractivity contribution in [1.82, 2.24) is 10.2 Å². The number of carbonyl (C=O) groups excluding carboxylic acids is 2. The summed E-state index contributed by atoms with van der Waals surface area (Å²) < 4.78 is 10.3. The van der Waals surface area contributed by atoms with E-state index in [2.05, 4.69) is 10.1 Å². The van der Waals surface area contributed by atoms with Crippen LogP contribution in [0.15, 0.2) is 24.3 Å². The minimum absolute atomic E-state index is 0.0449. The van der Waals surface area contributed by atoms with Crippen molar-refractivity contribution in [1.29, 1.82) is 0 Å². The van der Waals surface area contributed by atoms with Crippen LogP contribution in [0.1, 0.15) is 6.42 Å². The Morgan fingerprint density at radius 3 is 2.82 bits per heavy atom. The summed E-state index contributed by atoms with van der Waals surface area (Å²) in [5.41, 5.74) is 0. The van der Waals surface area contributed by atoms with E-state index >= 15 is 0 Å². The van der Waals surface area contributed by atoms with E-state index in [0.29, 0.717) is 31.3 Å². The first-order valence-electron chi connectivity index (χ1n) is 7.07. The number of piperazine rings is 1. The summed E-state index contributed by atoms with van der Waals surface area (Å²) in [6.07, 6.45) is 0.0449. The zero-order valence-electron chi connectivity index (χ0n) is 12.4. The molecule has 1 aromatic rings. The van der Waals surface area contributed by atoms with Gasteiger partial charge in [-0.3, -0.25) is 14.5 Å². The fourth-order valence-electron chi connectivity index (χ4n) is 2.30. The van der Waals surface area contributed by atoms with Gasteiger partial charge in [0.2, 0.25) is 5.91 Å². The molecule has 0 aromatic heterocycles. The molecule has 22 heavy (non-hydrogen) atoms. The lowest BCUT2D eigenvalue weighted by Crippen LogP contribution is -2.56. The number of ether oxygens (including phenoxy) is 2. The maximum atomic E-state index is 11.9. The topological polar surface area (TPSA) is 67.9 Å². The molecule has 6 nitrogen and oxygen atoms in total. The fraction of sp³-hybridized carbons (Fsp3) is 0.467. The third-order valence-electron chi connectivity index (χ3n) is 3.49. The molecule has 0 radical (unpaired) electrons. The number of nitrogens with one attached hydrogen (secondary N) is 1. The quantitative estimate of drug-likeness (QED) is 0.792. The first-order valence-corrected chi connectivity index (χ1v) is 7.45. The minimum atomic E-state index is -0.505. The monoisotopic (exact) mass is 326 g/mol. The molecule has 2 rings (SSSR count). The lowest BCUT2D eigenvalue weighted by molar-refractivity contribution is -0.146. The SMILES string of the molecule is COC(=O)CC1C(=O)NCCN1CCOc1ccc(Cl)cc1. The summed E-state index contributed by atoms with van der Waals surface area (Å²) in [6.45, 7) is 2.22. The lowest BCUT2D eigenvalue weighted by Gasteiger charge is -2.34. The van der Waals surface area contributed by atoms with E-state index in [-0.39, 0.29) is 12.3 Å².